The number of hydrogen-bond acceptors (Lipinski definition) is 3. The van der Waals surface area contributed by atoms with Crippen LogP contribution in [0.15, 0.2) is 48.5 Å². The van der Waals surface area contributed by atoms with E-state index in [0.717, 1.165) is 22.4 Å². The Morgan fingerprint density at radius 2 is 1.80 bits per heavy atom. The van der Waals surface area contributed by atoms with Crippen LogP contribution in [-0.2, 0) is 6.54 Å². The topological polar surface area (TPSA) is 72.9 Å². The van der Waals surface area contributed by atoms with Gasteiger partial charge in [0.1, 0.15) is 5.82 Å². The van der Waals surface area contributed by atoms with E-state index in [0.29, 0.717) is 12.1 Å². The summed E-state index contributed by atoms with van der Waals surface area (Å²) in [4.78, 5) is 17.3. The van der Waals surface area contributed by atoms with Gasteiger partial charge in [-0.25, -0.2) is 4.98 Å². The number of imidazole rings is 1. The van der Waals surface area contributed by atoms with Crippen LogP contribution >= 0.6 is 0 Å². The fourth-order valence-corrected chi connectivity index (χ4v) is 3.05. The number of nitrogens with zero attached hydrogens (tertiary/aromatic N) is 2. The third-order valence-corrected chi connectivity index (χ3v) is 4.33. The zero-order chi connectivity index (χ0) is 18.0. The zero-order valence-corrected chi connectivity index (χ0v) is 14.9. The predicted molar refractivity (Wildman–Crippen MR) is 100 cm³/mol. The molecule has 1 unspecified atom stereocenters. The fraction of sp³-hybridized carbons (Fsp3) is 0.300. The van der Waals surface area contributed by atoms with Gasteiger partial charge in [0.15, 0.2) is 0 Å². The van der Waals surface area contributed by atoms with Gasteiger partial charge in [-0.2, -0.15) is 0 Å². The molecule has 0 spiro atoms. The molecule has 1 amide bonds. The monoisotopic (exact) mass is 336 g/mol. The maximum atomic E-state index is 12.5. The lowest BCUT2D eigenvalue weighted by molar-refractivity contribution is 0.0937. The summed E-state index contributed by atoms with van der Waals surface area (Å²) >= 11 is 0. The summed E-state index contributed by atoms with van der Waals surface area (Å²) in [6, 6.07) is 15.5. The van der Waals surface area contributed by atoms with Gasteiger partial charge in [-0.3, -0.25) is 4.79 Å². The Labute approximate surface area is 147 Å². The van der Waals surface area contributed by atoms with Crippen molar-refractivity contribution in [3.8, 4) is 0 Å². The lowest BCUT2D eigenvalue weighted by Gasteiger charge is -2.19. The molecule has 2 aromatic carbocycles. The number of para-hydroxylation sites is 2. The molecule has 0 fully saturated rings. The second kappa shape index (κ2) is 7.07. The summed E-state index contributed by atoms with van der Waals surface area (Å²) in [5.74, 6) is 0.751. The van der Waals surface area contributed by atoms with Crippen LogP contribution in [0.1, 0.15) is 54.6 Å². The van der Waals surface area contributed by atoms with Gasteiger partial charge in [-0.05, 0) is 50.6 Å². The third-order valence-electron chi connectivity index (χ3n) is 4.33. The van der Waals surface area contributed by atoms with Crippen molar-refractivity contribution in [2.24, 2.45) is 5.73 Å². The summed E-state index contributed by atoms with van der Waals surface area (Å²) in [7, 11) is 0. The van der Waals surface area contributed by atoms with Gasteiger partial charge in [-0.15, -0.1) is 0 Å². The Hall–Kier alpha value is -2.66. The van der Waals surface area contributed by atoms with E-state index in [1.54, 1.807) is 12.1 Å². The van der Waals surface area contributed by atoms with E-state index in [4.69, 9.17) is 10.7 Å². The van der Waals surface area contributed by atoms with Crippen LogP contribution in [0, 0.1) is 0 Å². The number of nitrogens with two attached hydrogens (primary N) is 1. The molecule has 3 N–H and O–H groups in total. The molecule has 0 aliphatic rings. The summed E-state index contributed by atoms with van der Waals surface area (Å²) in [6.07, 6.45) is 0. The van der Waals surface area contributed by atoms with E-state index < -0.39 is 0 Å². The average molecular weight is 336 g/mol. The molecule has 0 aliphatic heterocycles. The lowest BCUT2D eigenvalue weighted by Crippen LogP contribution is -2.29. The van der Waals surface area contributed by atoms with Gasteiger partial charge in [0.25, 0.3) is 5.91 Å². The first-order chi connectivity index (χ1) is 12.0. The largest absolute Gasteiger partial charge is 0.342 e. The molecule has 5 nitrogen and oxygen atoms in total. The van der Waals surface area contributed by atoms with Crippen LogP contribution in [-0.4, -0.2) is 15.5 Å². The van der Waals surface area contributed by atoms with Crippen molar-refractivity contribution in [3.63, 3.8) is 0 Å². The van der Waals surface area contributed by atoms with Gasteiger partial charge in [0, 0.05) is 18.2 Å². The molecule has 0 saturated heterocycles. The van der Waals surface area contributed by atoms with E-state index in [1.165, 1.54) is 0 Å². The molecule has 130 valence electrons. The van der Waals surface area contributed by atoms with Crippen molar-refractivity contribution < 1.29 is 4.79 Å². The van der Waals surface area contributed by atoms with Crippen LogP contribution in [0.5, 0.6) is 0 Å². The molecule has 25 heavy (non-hydrogen) atoms. The van der Waals surface area contributed by atoms with Gasteiger partial charge in [0.05, 0.1) is 17.1 Å². The van der Waals surface area contributed by atoms with Crippen LogP contribution in [0.3, 0.4) is 0 Å². The first kappa shape index (κ1) is 17.2. The highest BCUT2D eigenvalue weighted by Gasteiger charge is 2.20. The molecule has 0 radical (unpaired) electrons. The minimum atomic E-state index is -0.198. The standard InChI is InChI=1S/C20H24N4O/c1-13(2)24-18-7-5-4-6-17(18)23-19(24)14(3)22-20(25)16-10-8-15(12-21)9-11-16/h4-11,13-14H,12,21H2,1-3H3,(H,22,25). The molecule has 3 rings (SSSR count). The first-order valence-corrected chi connectivity index (χ1v) is 8.58. The summed E-state index contributed by atoms with van der Waals surface area (Å²) in [5.41, 5.74) is 9.26. The number of amides is 1. The highest BCUT2D eigenvalue weighted by atomic mass is 16.1. The number of benzene rings is 2. The minimum Gasteiger partial charge on any atom is -0.342 e. The molecule has 3 aromatic rings. The molecule has 0 bridgehead atoms. The SMILES string of the molecule is CC(NC(=O)c1ccc(CN)cc1)c1nc2ccccc2n1C(C)C. The maximum Gasteiger partial charge on any atom is 0.251 e. The fourth-order valence-electron chi connectivity index (χ4n) is 3.05. The summed E-state index contributed by atoms with van der Waals surface area (Å²) in [5, 5.41) is 3.05. The number of aromatic nitrogens is 2. The Kier molecular flexibility index (Phi) is 4.86. The Morgan fingerprint density at radius 1 is 1.12 bits per heavy atom. The number of carbonyl (C=O) groups is 1. The smallest absolute Gasteiger partial charge is 0.251 e. The van der Waals surface area contributed by atoms with E-state index in [-0.39, 0.29) is 18.0 Å². The number of carbonyl (C=O) groups excluding carboxylic acids is 1. The maximum absolute atomic E-state index is 12.5. The van der Waals surface area contributed by atoms with Gasteiger partial charge < -0.3 is 15.6 Å². The van der Waals surface area contributed by atoms with Crippen molar-refractivity contribution in [2.75, 3.05) is 0 Å². The second-order valence-corrected chi connectivity index (χ2v) is 6.52. The predicted octanol–water partition coefficient (Wildman–Crippen LogP) is 3.57. The van der Waals surface area contributed by atoms with Crippen molar-refractivity contribution in [1.29, 1.82) is 0 Å². The van der Waals surface area contributed by atoms with E-state index >= 15 is 0 Å². The van der Waals surface area contributed by atoms with Gasteiger partial charge in [0.2, 0.25) is 0 Å². The van der Waals surface area contributed by atoms with E-state index in [1.807, 2.05) is 37.3 Å². The van der Waals surface area contributed by atoms with Crippen LogP contribution in [0.2, 0.25) is 0 Å². The average Bonchev–Trinajstić information content (AvgIpc) is 3.01. The molecule has 1 aromatic heterocycles. The third kappa shape index (κ3) is 3.42. The molecular formula is C20H24N4O. The summed E-state index contributed by atoms with van der Waals surface area (Å²) < 4.78 is 2.18. The highest BCUT2D eigenvalue weighted by Crippen LogP contribution is 2.25. The van der Waals surface area contributed by atoms with E-state index in [9.17, 15) is 4.79 Å². The lowest BCUT2D eigenvalue weighted by atomic mass is 10.1. The van der Waals surface area contributed by atoms with Crippen molar-refractivity contribution >= 4 is 16.9 Å². The first-order valence-electron chi connectivity index (χ1n) is 8.58. The van der Waals surface area contributed by atoms with Crippen LogP contribution in [0.4, 0.5) is 0 Å². The number of rotatable bonds is 5. The quantitative estimate of drug-likeness (QED) is 0.748. The number of fused-ring (bicyclic) bond motifs is 1. The van der Waals surface area contributed by atoms with Gasteiger partial charge >= 0.3 is 0 Å². The van der Waals surface area contributed by atoms with Gasteiger partial charge in [-0.1, -0.05) is 24.3 Å². The van der Waals surface area contributed by atoms with Crippen molar-refractivity contribution in [3.05, 3.63) is 65.5 Å². The minimum absolute atomic E-state index is 0.113. The Bertz CT molecular complexity index is 880. The Morgan fingerprint density at radius 3 is 2.44 bits per heavy atom. The molecule has 0 aliphatic carbocycles. The Balaban J connectivity index is 1.87. The molecule has 1 atom stereocenters. The normalized spacial score (nSPS) is 12.5. The number of nitrogens with one attached hydrogen (secondary N) is 1. The second-order valence-electron chi connectivity index (χ2n) is 6.52. The summed E-state index contributed by atoms with van der Waals surface area (Å²) in [6.45, 7) is 6.68. The number of hydrogen-bond donors (Lipinski definition) is 2. The van der Waals surface area contributed by atoms with Crippen molar-refractivity contribution in [2.45, 2.75) is 39.4 Å². The molecule has 0 saturated carbocycles. The molecular weight excluding hydrogens is 312 g/mol. The molecule has 5 heteroatoms. The van der Waals surface area contributed by atoms with Crippen molar-refractivity contribution in [1.82, 2.24) is 14.9 Å². The zero-order valence-electron chi connectivity index (χ0n) is 14.9. The van der Waals surface area contributed by atoms with Crippen LogP contribution < -0.4 is 11.1 Å². The van der Waals surface area contributed by atoms with Crippen LogP contribution in [0.25, 0.3) is 11.0 Å². The molecule has 1 heterocycles. The van der Waals surface area contributed by atoms with E-state index in [2.05, 4.69) is 29.8 Å². The highest BCUT2D eigenvalue weighted by molar-refractivity contribution is 5.94.